The first-order valence-corrected chi connectivity index (χ1v) is 10.5. The molecule has 0 bridgehead atoms. The molecule has 146 valence electrons. The smallest absolute Gasteiger partial charge is 0.236 e. The minimum Gasteiger partial charge on any atom is -0.351 e. The maximum Gasteiger partial charge on any atom is 0.236 e. The van der Waals surface area contributed by atoms with Crippen LogP contribution in [0.2, 0.25) is 0 Å². The van der Waals surface area contributed by atoms with Crippen LogP contribution in [0.5, 0.6) is 0 Å². The molecule has 28 heavy (non-hydrogen) atoms. The van der Waals surface area contributed by atoms with Crippen molar-refractivity contribution in [2.75, 3.05) is 12.8 Å². The average molecular weight is 398 g/mol. The molecule has 0 radical (unpaired) electrons. The molecular weight excluding hydrogens is 376 g/mol. The summed E-state index contributed by atoms with van der Waals surface area (Å²) in [4.78, 5) is 12.0. The Labute approximate surface area is 164 Å². The lowest BCUT2D eigenvalue weighted by molar-refractivity contribution is -0.118. The van der Waals surface area contributed by atoms with Crippen molar-refractivity contribution in [3.8, 4) is 11.3 Å². The lowest BCUT2D eigenvalue weighted by Crippen LogP contribution is -2.34. The van der Waals surface area contributed by atoms with E-state index < -0.39 is 21.7 Å². The summed E-state index contributed by atoms with van der Waals surface area (Å²) >= 11 is 0. The van der Waals surface area contributed by atoms with Gasteiger partial charge >= 0.3 is 0 Å². The number of aromatic nitrogens is 2. The van der Waals surface area contributed by atoms with E-state index in [2.05, 4.69) is 15.1 Å². The Morgan fingerprint density at radius 2 is 1.68 bits per heavy atom. The molecule has 1 heterocycles. The van der Waals surface area contributed by atoms with E-state index in [-0.39, 0.29) is 6.54 Å². The van der Waals surface area contributed by atoms with Gasteiger partial charge in [0.15, 0.2) is 0 Å². The highest BCUT2D eigenvalue weighted by Crippen LogP contribution is 2.22. The summed E-state index contributed by atoms with van der Waals surface area (Å²) in [5.74, 6) is -1.17. The third-order valence-electron chi connectivity index (χ3n) is 4.18. The van der Waals surface area contributed by atoms with E-state index in [0.717, 1.165) is 22.4 Å². The monoisotopic (exact) mass is 398 g/mol. The summed E-state index contributed by atoms with van der Waals surface area (Å²) in [7, 11) is -2.32. The molecule has 2 aromatic carbocycles. The molecule has 0 saturated heterocycles. The molecule has 0 aliphatic rings. The van der Waals surface area contributed by atoms with E-state index in [4.69, 9.17) is 0 Å². The normalized spacial score (nSPS) is 11.3. The van der Waals surface area contributed by atoms with E-state index >= 15 is 0 Å². The summed E-state index contributed by atoms with van der Waals surface area (Å²) in [5.41, 5.74) is 3.62. The van der Waals surface area contributed by atoms with Crippen molar-refractivity contribution >= 4 is 15.9 Å². The molecule has 0 aliphatic heterocycles. The van der Waals surface area contributed by atoms with Gasteiger partial charge in [-0.2, -0.15) is 5.10 Å². The number of hydrogen-bond acceptors (Lipinski definition) is 4. The molecule has 0 spiro atoms. The van der Waals surface area contributed by atoms with Crippen LogP contribution in [0.15, 0.2) is 66.9 Å². The van der Waals surface area contributed by atoms with Crippen molar-refractivity contribution in [2.24, 2.45) is 0 Å². The largest absolute Gasteiger partial charge is 0.351 e. The Balaban J connectivity index is 1.81. The maximum atomic E-state index is 12.0. The lowest BCUT2D eigenvalue weighted by atomic mass is 10.1. The van der Waals surface area contributed by atoms with Crippen LogP contribution in [0, 0.1) is 0 Å². The minimum atomic E-state index is -3.60. The fourth-order valence-corrected chi connectivity index (χ4v) is 3.36. The highest BCUT2D eigenvalue weighted by atomic mass is 32.2. The highest BCUT2D eigenvalue weighted by Gasteiger charge is 2.16. The highest BCUT2D eigenvalue weighted by molar-refractivity contribution is 7.90. The quantitative estimate of drug-likeness (QED) is 0.605. The second-order valence-corrected chi connectivity index (χ2v) is 8.22. The van der Waals surface area contributed by atoms with Gasteiger partial charge in [0.2, 0.25) is 15.9 Å². The number of nitrogens with one attached hydrogen (secondary N) is 2. The predicted octanol–water partition coefficient (Wildman–Crippen LogP) is 1.76. The first kappa shape index (κ1) is 19.8. The second-order valence-electron chi connectivity index (χ2n) is 6.29. The van der Waals surface area contributed by atoms with Crippen LogP contribution in [0.1, 0.15) is 11.1 Å². The molecule has 0 fully saturated rings. The molecule has 2 N–H and O–H groups in total. The zero-order valence-corrected chi connectivity index (χ0v) is 16.3. The fourth-order valence-electron chi connectivity index (χ4n) is 2.77. The van der Waals surface area contributed by atoms with Crippen molar-refractivity contribution in [3.63, 3.8) is 0 Å². The van der Waals surface area contributed by atoms with E-state index in [9.17, 15) is 13.2 Å². The summed E-state index contributed by atoms with van der Waals surface area (Å²) in [6, 6.07) is 19.6. The number of hydrogen-bond donors (Lipinski definition) is 2. The van der Waals surface area contributed by atoms with E-state index in [1.54, 1.807) is 0 Å². The predicted molar refractivity (Wildman–Crippen MR) is 108 cm³/mol. The lowest BCUT2D eigenvalue weighted by Gasteiger charge is -2.06. The minimum absolute atomic E-state index is 0.192. The van der Waals surface area contributed by atoms with Crippen molar-refractivity contribution < 1.29 is 13.2 Å². The molecule has 0 aliphatic carbocycles. The van der Waals surface area contributed by atoms with Crippen molar-refractivity contribution in [1.29, 1.82) is 0 Å². The third kappa shape index (κ3) is 5.28. The Kier molecular flexibility index (Phi) is 6.23. The maximum absolute atomic E-state index is 12.0. The van der Waals surface area contributed by atoms with Crippen LogP contribution in [-0.4, -0.2) is 36.9 Å². The van der Waals surface area contributed by atoms with Gasteiger partial charge in [0.05, 0.1) is 12.2 Å². The molecular formula is C20H22N4O3S. The van der Waals surface area contributed by atoms with E-state index in [0.29, 0.717) is 6.54 Å². The number of amides is 1. The van der Waals surface area contributed by atoms with Crippen LogP contribution in [0.4, 0.5) is 0 Å². The number of carbonyl (C=O) groups excluding carboxylic acids is 1. The number of carbonyl (C=O) groups is 1. The molecule has 0 unspecified atom stereocenters. The molecule has 3 aromatic rings. The van der Waals surface area contributed by atoms with Gasteiger partial charge in [-0.25, -0.2) is 13.1 Å². The van der Waals surface area contributed by atoms with Crippen LogP contribution in [0.25, 0.3) is 11.3 Å². The van der Waals surface area contributed by atoms with Gasteiger partial charge in [0.25, 0.3) is 0 Å². The van der Waals surface area contributed by atoms with Gasteiger partial charge in [0.1, 0.15) is 5.75 Å². The Bertz CT molecular complexity index is 1030. The average Bonchev–Trinajstić information content (AvgIpc) is 3.10. The number of benzene rings is 2. The zero-order valence-electron chi connectivity index (χ0n) is 15.5. The molecule has 7 nitrogen and oxygen atoms in total. The van der Waals surface area contributed by atoms with Crippen molar-refractivity contribution in [2.45, 2.75) is 13.1 Å². The first-order chi connectivity index (χ1) is 13.5. The van der Waals surface area contributed by atoms with Crippen LogP contribution < -0.4 is 10.0 Å². The number of nitrogens with zero attached hydrogens (tertiary/aromatic N) is 2. The summed E-state index contributed by atoms with van der Waals surface area (Å²) in [6.45, 7) is 0.792. The fraction of sp³-hybridized carbons (Fsp3) is 0.200. The van der Waals surface area contributed by atoms with Gasteiger partial charge in [0, 0.05) is 23.9 Å². The van der Waals surface area contributed by atoms with Crippen LogP contribution >= 0.6 is 0 Å². The molecule has 1 aromatic heterocycles. The summed E-state index contributed by atoms with van der Waals surface area (Å²) in [5, 5.41) is 7.34. The SMILES string of the molecule is CNS(=O)(=O)CC(=O)NCc1cn(Cc2ccccc2)nc1-c1ccccc1. The standard InChI is InChI=1S/C20H22N4O3S/c1-21-28(26,27)15-19(25)22-12-18-14-24(13-16-8-4-2-5-9-16)23-20(18)17-10-6-3-7-11-17/h2-11,14,21H,12-13,15H2,1H3,(H,22,25). The third-order valence-corrected chi connectivity index (χ3v) is 5.44. The molecule has 3 rings (SSSR count). The summed E-state index contributed by atoms with van der Waals surface area (Å²) in [6.07, 6.45) is 1.88. The molecule has 1 amide bonds. The topological polar surface area (TPSA) is 93.1 Å². The van der Waals surface area contributed by atoms with E-state index in [1.807, 2.05) is 71.5 Å². The van der Waals surface area contributed by atoms with Gasteiger partial charge in [-0.1, -0.05) is 60.7 Å². The zero-order chi connectivity index (χ0) is 20.0. The second kappa shape index (κ2) is 8.81. The summed E-state index contributed by atoms with van der Waals surface area (Å²) < 4.78 is 27.0. The molecule has 0 atom stereocenters. The van der Waals surface area contributed by atoms with E-state index in [1.165, 1.54) is 7.05 Å². The van der Waals surface area contributed by atoms with Crippen LogP contribution in [-0.2, 0) is 27.9 Å². The van der Waals surface area contributed by atoms with Gasteiger partial charge in [-0.15, -0.1) is 0 Å². The molecule has 0 saturated carbocycles. The van der Waals surface area contributed by atoms with Crippen molar-refractivity contribution in [3.05, 3.63) is 78.0 Å². The van der Waals surface area contributed by atoms with Gasteiger partial charge in [-0.05, 0) is 12.6 Å². The Morgan fingerprint density at radius 3 is 2.32 bits per heavy atom. The van der Waals surface area contributed by atoms with Crippen molar-refractivity contribution in [1.82, 2.24) is 19.8 Å². The van der Waals surface area contributed by atoms with Crippen LogP contribution in [0.3, 0.4) is 0 Å². The Hall–Kier alpha value is -2.97. The first-order valence-electron chi connectivity index (χ1n) is 8.80. The molecule has 8 heteroatoms. The van der Waals surface area contributed by atoms with Gasteiger partial charge < -0.3 is 5.32 Å². The number of rotatable bonds is 8. The van der Waals surface area contributed by atoms with Gasteiger partial charge in [-0.3, -0.25) is 9.48 Å². The number of sulfonamides is 1. The Morgan fingerprint density at radius 1 is 1.04 bits per heavy atom.